The third kappa shape index (κ3) is 2.83. The summed E-state index contributed by atoms with van der Waals surface area (Å²) in [5.74, 6) is -0.0846. The van der Waals surface area contributed by atoms with E-state index < -0.39 is 0 Å². The van der Waals surface area contributed by atoms with E-state index in [1.807, 2.05) is 24.6 Å². The van der Waals surface area contributed by atoms with E-state index in [1.54, 1.807) is 23.5 Å². The summed E-state index contributed by atoms with van der Waals surface area (Å²) in [5.41, 5.74) is 4.82. The first kappa shape index (κ1) is 13.8. The van der Waals surface area contributed by atoms with E-state index in [1.165, 1.54) is 13.2 Å². The van der Waals surface area contributed by atoms with Crippen molar-refractivity contribution in [3.63, 3.8) is 0 Å². The second-order valence-electron chi connectivity index (χ2n) is 4.79. The molecule has 5 heteroatoms. The van der Waals surface area contributed by atoms with Gasteiger partial charge in [0.05, 0.1) is 22.8 Å². The number of rotatable bonds is 4. The van der Waals surface area contributed by atoms with E-state index >= 15 is 0 Å². The van der Waals surface area contributed by atoms with Crippen LogP contribution in [0.15, 0.2) is 41.9 Å². The van der Waals surface area contributed by atoms with Gasteiger partial charge < -0.3 is 10.1 Å². The summed E-state index contributed by atoms with van der Waals surface area (Å²) < 4.78 is 19.6. The first-order valence-electron chi connectivity index (χ1n) is 6.60. The van der Waals surface area contributed by atoms with Crippen LogP contribution >= 0.6 is 11.3 Å². The maximum atomic E-state index is 13.4. The van der Waals surface area contributed by atoms with Gasteiger partial charge in [-0.1, -0.05) is 6.07 Å². The van der Waals surface area contributed by atoms with E-state index in [9.17, 15) is 4.39 Å². The Morgan fingerprint density at radius 1 is 1.24 bits per heavy atom. The molecular formula is C16H15FN2OS. The minimum absolute atomic E-state index is 0.0462. The number of methoxy groups -OCH3 is 1. The molecule has 21 heavy (non-hydrogen) atoms. The first-order valence-corrected chi connectivity index (χ1v) is 7.48. The third-order valence-corrected chi connectivity index (χ3v) is 4.18. The average molecular weight is 302 g/mol. The van der Waals surface area contributed by atoms with Crippen molar-refractivity contribution in [3.05, 3.63) is 53.3 Å². The zero-order valence-corrected chi connectivity index (χ0v) is 12.6. The predicted octanol–water partition coefficient (Wildman–Crippen LogP) is 4.62. The lowest BCUT2D eigenvalue weighted by atomic mass is 10.1. The number of nitrogens with zero attached hydrogens (tertiary/aromatic N) is 1. The van der Waals surface area contributed by atoms with E-state index in [2.05, 4.69) is 16.4 Å². The molecule has 0 amide bonds. The number of aromatic nitrogens is 1. The van der Waals surface area contributed by atoms with Crippen LogP contribution in [0.25, 0.3) is 10.2 Å². The molecule has 3 aromatic rings. The highest BCUT2D eigenvalue weighted by Crippen LogP contribution is 2.27. The van der Waals surface area contributed by atoms with Gasteiger partial charge in [0.15, 0.2) is 11.6 Å². The lowest BCUT2D eigenvalue weighted by Gasteiger charge is -2.16. The zero-order valence-electron chi connectivity index (χ0n) is 11.8. The van der Waals surface area contributed by atoms with Gasteiger partial charge in [-0.2, -0.15) is 0 Å². The minimum atomic E-state index is -0.348. The van der Waals surface area contributed by atoms with Crippen molar-refractivity contribution in [1.82, 2.24) is 4.98 Å². The highest BCUT2D eigenvalue weighted by Gasteiger charge is 2.10. The number of fused-ring (bicyclic) bond motifs is 1. The van der Waals surface area contributed by atoms with E-state index in [0.717, 1.165) is 21.5 Å². The van der Waals surface area contributed by atoms with Crippen LogP contribution in [-0.2, 0) is 0 Å². The highest BCUT2D eigenvalue weighted by molar-refractivity contribution is 7.16. The molecule has 2 aromatic carbocycles. The van der Waals surface area contributed by atoms with Gasteiger partial charge in [0.25, 0.3) is 0 Å². The molecule has 1 atom stereocenters. The largest absolute Gasteiger partial charge is 0.494 e. The molecule has 0 aliphatic carbocycles. The highest BCUT2D eigenvalue weighted by atomic mass is 32.1. The molecule has 0 saturated heterocycles. The molecule has 1 aromatic heterocycles. The Morgan fingerprint density at radius 2 is 2.10 bits per heavy atom. The smallest absolute Gasteiger partial charge is 0.165 e. The van der Waals surface area contributed by atoms with Crippen molar-refractivity contribution in [2.24, 2.45) is 0 Å². The van der Waals surface area contributed by atoms with Crippen molar-refractivity contribution in [2.45, 2.75) is 13.0 Å². The van der Waals surface area contributed by atoms with Crippen LogP contribution in [0.4, 0.5) is 10.1 Å². The second kappa shape index (κ2) is 5.69. The topological polar surface area (TPSA) is 34.1 Å². The Hall–Kier alpha value is -2.14. The van der Waals surface area contributed by atoms with Gasteiger partial charge >= 0.3 is 0 Å². The van der Waals surface area contributed by atoms with E-state index in [-0.39, 0.29) is 17.6 Å². The van der Waals surface area contributed by atoms with Gasteiger partial charge in [0, 0.05) is 11.7 Å². The summed E-state index contributed by atoms with van der Waals surface area (Å²) in [4.78, 5) is 4.26. The monoisotopic (exact) mass is 302 g/mol. The maximum Gasteiger partial charge on any atom is 0.165 e. The van der Waals surface area contributed by atoms with Crippen molar-refractivity contribution >= 4 is 27.2 Å². The van der Waals surface area contributed by atoms with Crippen LogP contribution in [0.1, 0.15) is 18.5 Å². The van der Waals surface area contributed by atoms with Gasteiger partial charge in [-0.05, 0) is 42.8 Å². The Kier molecular flexibility index (Phi) is 3.75. The van der Waals surface area contributed by atoms with Gasteiger partial charge in [-0.25, -0.2) is 9.37 Å². The summed E-state index contributed by atoms with van der Waals surface area (Å²) in [6.07, 6.45) is 0. The fraction of sp³-hybridized carbons (Fsp3) is 0.188. The molecule has 1 heterocycles. The molecule has 108 valence electrons. The Labute approximate surface area is 126 Å². The summed E-state index contributed by atoms with van der Waals surface area (Å²) in [6.45, 7) is 2.03. The lowest BCUT2D eigenvalue weighted by Crippen LogP contribution is -2.07. The number of nitrogens with one attached hydrogen (secondary N) is 1. The number of hydrogen-bond donors (Lipinski definition) is 1. The molecular weight excluding hydrogens is 287 g/mol. The SMILES string of the molecule is COc1cc(C(C)Nc2ccc3ncsc3c2)ccc1F. The van der Waals surface area contributed by atoms with Crippen molar-refractivity contribution in [3.8, 4) is 5.75 Å². The molecule has 0 fully saturated rings. The van der Waals surface area contributed by atoms with Gasteiger partial charge in [0.2, 0.25) is 0 Å². The minimum Gasteiger partial charge on any atom is -0.494 e. The fourth-order valence-electron chi connectivity index (χ4n) is 2.22. The number of ether oxygens (including phenoxy) is 1. The van der Waals surface area contributed by atoms with Crippen LogP contribution in [-0.4, -0.2) is 12.1 Å². The van der Waals surface area contributed by atoms with Crippen molar-refractivity contribution in [1.29, 1.82) is 0 Å². The molecule has 0 saturated carbocycles. The van der Waals surface area contributed by atoms with Crippen LogP contribution in [0.2, 0.25) is 0 Å². The Balaban J connectivity index is 1.83. The summed E-state index contributed by atoms with van der Waals surface area (Å²) in [5, 5.41) is 3.41. The van der Waals surface area contributed by atoms with Gasteiger partial charge in [-0.15, -0.1) is 11.3 Å². The zero-order chi connectivity index (χ0) is 14.8. The summed E-state index contributed by atoms with van der Waals surface area (Å²) >= 11 is 1.61. The standard InChI is InChI=1S/C16H15FN2OS/c1-10(11-3-5-13(17)15(7-11)20-2)19-12-4-6-14-16(8-12)21-9-18-14/h3-10,19H,1-2H3. The lowest BCUT2D eigenvalue weighted by molar-refractivity contribution is 0.385. The molecule has 0 spiro atoms. The van der Waals surface area contributed by atoms with Crippen molar-refractivity contribution < 1.29 is 9.13 Å². The number of halogens is 1. The Bertz CT molecular complexity index is 772. The molecule has 3 nitrogen and oxygen atoms in total. The van der Waals surface area contributed by atoms with Gasteiger partial charge in [0.1, 0.15) is 0 Å². The molecule has 0 radical (unpaired) electrons. The molecule has 1 N–H and O–H groups in total. The quantitative estimate of drug-likeness (QED) is 0.763. The maximum absolute atomic E-state index is 13.4. The number of thiazole rings is 1. The number of benzene rings is 2. The molecule has 0 bridgehead atoms. The molecule has 3 rings (SSSR count). The van der Waals surface area contributed by atoms with Crippen LogP contribution < -0.4 is 10.1 Å². The van der Waals surface area contributed by atoms with E-state index in [4.69, 9.17) is 4.74 Å². The Morgan fingerprint density at radius 3 is 2.90 bits per heavy atom. The first-order chi connectivity index (χ1) is 10.2. The molecule has 1 unspecified atom stereocenters. The fourth-order valence-corrected chi connectivity index (χ4v) is 2.94. The average Bonchev–Trinajstić information content (AvgIpc) is 2.95. The van der Waals surface area contributed by atoms with Gasteiger partial charge in [-0.3, -0.25) is 0 Å². The molecule has 0 aliphatic heterocycles. The van der Waals surface area contributed by atoms with Crippen LogP contribution in [0.5, 0.6) is 5.75 Å². The van der Waals surface area contributed by atoms with Crippen LogP contribution in [0, 0.1) is 5.82 Å². The second-order valence-corrected chi connectivity index (χ2v) is 5.68. The van der Waals surface area contributed by atoms with Crippen LogP contribution in [0.3, 0.4) is 0 Å². The molecule has 0 aliphatic rings. The third-order valence-electron chi connectivity index (χ3n) is 3.39. The summed E-state index contributed by atoms with van der Waals surface area (Å²) in [7, 11) is 1.47. The number of hydrogen-bond acceptors (Lipinski definition) is 4. The van der Waals surface area contributed by atoms with Crippen molar-refractivity contribution in [2.75, 3.05) is 12.4 Å². The number of anilines is 1. The summed E-state index contributed by atoms with van der Waals surface area (Å²) in [6, 6.07) is 11.0. The normalized spacial score (nSPS) is 12.3. The van der Waals surface area contributed by atoms with E-state index in [0.29, 0.717) is 0 Å². The predicted molar refractivity (Wildman–Crippen MR) is 84.6 cm³/mol.